The largest absolute Gasteiger partial charge is 0.494 e. The van der Waals surface area contributed by atoms with Gasteiger partial charge < -0.3 is 14.4 Å². The Bertz CT molecular complexity index is 1080. The number of rotatable bonds is 6. The lowest BCUT2D eigenvalue weighted by atomic mass is 10.2. The molecule has 31 heavy (non-hydrogen) atoms. The van der Waals surface area contributed by atoms with Crippen LogP contribution in [0.4, 0.5) is 23.2 Å². The molecular formula is C19H19ClF4N2O4S. The topological polar surface area (TPSA) is 67.9 Å². The fourth-order valence-corrected chi connectivity index (χ4v) is 4.61. The number of benzene rings is 2. The Kier molecular flexibility index (Phi) is 6.59. The number of halogens is 5. The van der Waals surface area contributed by atoms with Crippen molar-refractivity contribution in [2.75, 3.05) is 32.0 Å². The minimum atomic E-state index is -5.06. The van der Waals surface area contributed by atoms with E-state index < -0.39 is 38.2 Å². The van der Waals surface area contributed by atoms with Crippen LogP contribution in [0.2, 0.25) is 5.02 Å². The molecule has 0 radical (unpaired) electrons. The Balaban J connectivity index is 1.94. The average Bonchev–Trinajstić information content (AvgIpc) is 3.08. The van der Waals surface area contributed by atoms with Crippen LogP contribution in [0.15, 0.2) is 35.2 Å². The van der Waals surface area contributed by atoms with Crippen LogP contribution in [0.3, 0.4) is 0 Å². The van der Waals surface area contributed by atoms with Crippen molar-refractivity contribution >= 4 is 27.3 Å². The smallest absolute Gasteiger partial charge is 0.417 e. The summed E-state index contributed by atoms with van der Waals surface area (Å²) in [7, 11) is -1.92. The van der Waals surface area contributed by atoms with Crippen LogP contribution >= 0.6 is 11.6 Å². The van der Waals surface area contributed by atoms with Crippen LogP contribution in [-0.2, 0) is 16.2 Å². The van der Waals surface area contributed by atoms with Crippen LogP contribution in [0, 0.1) is 5.82 Å². The molecule has 0 amide bonds. The average molecular weight is 483 g/mol. The predicted molar refractivity (Wildman–Crippen MR) is 107 cm³/mol. The van der Waals surface area contributed by atoms with Crippen LogP contribution in [0.25, 0.3) is 0 Å². The van der Waals surface area contributed by atoms with Crippen molar-refractivity contribution in [3.05, 3.63) is 46.7 Å². The second-order valence-corrected chi connectivity index (χ2v) is 9.08. The summed E-state index contributed by atoms with van der Waals surface area (Å²) in [4.78, 5) is 0.773. The zero-order chi connectivity index (χ0) is 23.0. The van der Waals surface area contributed by atoms with E-state index >= 15 is 0 Å². The quantitative estimate of drug-likeness (QED) is 0.618. The molecule has 1 saturated heterocycles. The van der Waals surface area contributed by atoms with Crippen molar-refractivity contribution in [1.82, 2.24) is 4.90 Å². The van der Waals surface area contributed by atoms with E-state index in [-0.39, 0.29) is 28.6 Å². The highest BCUT2D eigenvalue weighted by atomic mass is 35.5. The molecule has 0 bridgehead atoms. The van der Waals surface area contributed by atoms with Gasteiger partial charge in [0.15, 0.2) is 11.6 Å². The molecule has 1 atom stereocenters. The predicted octanol–water partition coefficient (Wildman–Crippen LogP) is 4.39. The first-order valence-electron chi connectivity index (χ1n) is 9.03. The Morgan fingerprint density at radius 3 is 2.48 bits per heavy atom. The number of nitrogens with one attached hydrogen (secondary N) is 1. The molecule has 2 aromatic rings. The van der Waals surface area contributed by atoms with Crippen LogP contribution < -0.4 is 14.2 Å². The Morgan fingerprint density at radius 1 is 1.19 bits per heavy atom. The third-order valence-corrected chi connectivity index (χ3v) is 6.41. The number of nitrogens with zero attached hydrogens (tertiary/aromatic N) is 1. The van der Waals surface area contributed by atoms with Crippen LogP contribution in [0.1, 0.15) is 12.0 Å². The second kappa shape index (κ2) is 8.71. The van der Waals surface area contributed by atoms with E-state index in [1.165, 1.54) is 18.2 Å². The van der Waals surface area contributed by atoms with Crippen molar-refractivity contribution in [3.63, 3.8) is 0 Å². The van der Waals surface area contributed by atoms with Crippen LogP contribution in [0.5, 0.6) is 11.5 Å². The third kappa shape index (κ3) is 5.34. The zero-order valence-electron chi connectivity index (χ0n) is 16.5. The minimum absolute atomic E-state index is 0.0879. The van der Waals surface area contributed by atoms with E-state index in [4.69, 9.17) is 16.3 Å². The van der Waals surface area contributed by atoms with E-state index in [9.17, 15) is 26.0 Å². The molecule has 3 rings (SSSR count). The molecule has 2 aromatic carbocycles. The first-order valence-corrected chi connectivity index (χ1v) is 10.9. The highest BCUT2D eigenvalue weighted by molar-refractivity contribution is 7.92. The molecule has 0 saturated carbocycles. The number of alkyl halides is 3. The van der Waals surface area contributed by atoms with Gasteiger partial charge in [-0.2, -0.15) is 13.2 Å². The highest BCUT2D eigenvalue weighted by Gasteiger charge is 2.39. The van der Waals surface area contributed by atoms with Gasteiger partial charge in [-0.25, -0.2) is 12.8 Å². The maximum absolute atomic E-state index is 14.0. The number of methoxy groups -OCH3 is 1. The Labute approximate surface area is 181 Å². The van der Waals surface area contributed by atoms with Crippen molar-refractivity contribution in [2.45, 2.75) is 23.6 Å². The van der Waals surface area contributed by atoms with Crippen molar-refractivity contribution in [1.29, 1.82) is 0 Å². The summed E-state index contributed by atoms with van der Waals surface area (Å²) in [6, 6.07) is 4.46. The summed E-state index contributed by atoms with van der Waals surface area (Å²) in [5, 5.41) is 0.212. The van der Waals surface area contributed by atoms with E-state index in [2.05, 4.69) is 4.74 Å². The van der Waals surface area contributed by atoms with E-state index in [0.717, 1.165) is 20.1 Å². The number of likely N-dealkylation sites (tertiary alicyclic amines) is 1. The summed E-state index contributed by atoms with van der Waals surface area (Å²) in [5.41, 5.74) is -1.65. The standard InChI is InChI=1S/C19H19ClF4N2O4S/c1-26-6-5-12(10-26)30-16-7-11(3-4-14(16)20)25-31(27,28)18-9-15(21)17(29-2)8-13(18)19(22,23)24/h3-4,7-9,12,25H,5-6,10H2,1-2H3. The first-order chi connectivity index (χ1) is 14.4. The van der Waals surface area contributed by atoms with Gasteiger partial charge in [-0.15, -0.1) is 0 Å². The molecule has 1 aliphatic rings. The van der Waals surface area contributed by atoms with Gasteiger partial charge in [0.2, 0.25) is 0 Å². The van der Waals surface area contributed by atoms with E-state index in [1.807, 2.05) is 16.7 Å². The summed E-state index contributed by atoms with van der Waals surface area (Å²) in [6.45, 7) is 1.46. The number of sulfonamides is 1. The van der Waals surface area contributed by atoms with Crippen LogP contribution in [-0.4, -0.2) is 46.7 Å². The van der Waals surface area contributed by atoms with Gasteiger partial charge in [-0.3, -0.25) is 4.72 Å². The normalized spacial score (nSPS) is 17.6. The summed E-state index contributed by atoms with van der Waals surface area (Å²) >= 11 is 6.11. The molecule has 170 valence electrons. The van der Waals surface area contributed by atoms with Crippen molar-refractivity contribution in [2.24, 2.45) is 0 Å². The Hall–Kier alpha value is -2.24. The molecule has 0 aliphatic carbocycles. The van der Waals surface area contributed by atoms with Gasteiger partial charge in [-0.1, -0.05) is 11.6 Å². The second-order valence-electron chi connectivity index (χ2n) is 7.02. The number of anilines is 1. The number of likely N-dealkylation sites (N-methyl/N-ethyl adjacent to an activating group) is 1. The van der Waals surface area contributed by atoms with Gasteiger partial charge in [0.25, 0.3) is 10.0 Å². The molecule has 1 heterocycles. The number of hydrogen-bond acceptors (Lipinski definition) is 5. The minimum Gasteiger partial charge on any atom is -0.494 e. The molecule has 1 fully saturated rings. The van der Waals surface area contributed by atoms with Crippen molar-refractivity contribution < 1.29 is 35.5 Å². The van der Waals surface area contributed by atoms with Gasteiger partial charge >= 0.3 is 6.18 Å². The van der Waals surface area contributed by atoms with Gasteiger partial charge in [0.1, 0.15) is 16.7 Å². The maximum atomic E-state index is 14.0. The maximum Gasteiger partial charge on any atom is 0.417 e. The number of hydrogen-bond donors (Lipinski definition) is 1. The Morgan fingerprint density at radius 2 is 1.90 bits per heavy atom. The fourth-order valence-electron chi connectivity index (χ4n) is 3.17. The molecule has 12 heteroatoms. The molecule has 1 aliphatic heterocycles. The summed E-state index contributed by atoms with van der Waals surface area (Å²) < 4.78 is 92.1. The molecule has 0 spiro atoms. The number of ether oxygens (including phenoxy) is 2. The SMILES string of the molecule is COc1cc(C(F)(F)F)c(S(=O)(=O)Nc2ccc(Cl)c(OC3CCN(C)C3)c2)cc1F. The molecule has 1 unspecified atom stereocenters. The summed E-state index contributed by atoms with van der Waals surface area (Å²) in [6.07, 6.45) is -4.49. The zero-order valence-corrected chi connectivity index (χ0v) is 18.0. The highest BCUT2D eigenvalue weighted by Crippen LogP contribution is 2.39. The van der Waals surface area contributed by atoms with Crippen molar-refractivity contribution in [3.8, 4) is 11.5 Å². The molecule has 0 aromatic heterocycles. The monoisotopic (exact) mass is 482 g/mol. The third-order valence-electron chi connectivity index (χ3n) is 4.67. The molecule has 1 N–H and O–H groups in total. The lowest BCUT2D eigenvalue weighted by Crippen LogP contribution is -2.22. The lowest BCUT2D eigenvalue weighted by Gasteiger charge is -2.18. The summed E-state index contributed by atoms with van der Waals surface area (Å²) in [5.74, 6) is -1.80. The molecular weight excluding hydrogens is 464 g/mol. The first kappa shape index (κ1) is 23.4. The lowest BCUT2D eigenvalue weighted by molar-refractivity contribution is -0.140. The van der Waals surface area contributed by atoms with Gasteiger partial charge in [-0.05, 0) is 37.7 Å². The van der Waals surface area contributed by atoms with Gasteiger partial charge in [0, 0.05) is 19.2 Å². The van der Waals surface area contributed by atoms with Gasteiger partial charge in [0.05, 0.1) is 23.4 Å². The fraction of sp³-hybridized carbons (Fsp3) is 0.368. The molecule has 6 nitrogen and oxygen atoms in total. The van der Waals surface area contributed by atoms with E-state index in [1.54, 1.807) is 0 Å². The van der Waals surface area contributed by atoms with E-state index in [0.29, 0.717) is 12.6 Å².